The van der Waals surface area contributed by atoms with Crippen molar-refractivity contribution in [1.82, 2.24) is 5.32 Å². The van der Waals surface area contributed by atoms with E-state index >= 15 is 0 Å². The number of thioether (sulfide) groups is 1. The molecule has 1 saturated heterocycles. The van der Waals surface area contributed by atoms with E-state index in [1.54, 1.807) is 12.1 Å². The maximum Gasteiger partial charge on any atom is 0.289 e. The number of benzene rings is 1. The van der Waals surface area contributed by atoms with E-state index in [1.807, 2.05) is 19.1 Å². The molecule has 0 radical (unpaired) electrons. The highest BCUT2D eigenvalue weighted by atomic mass is 32.2. The first kappa shape index (κ1) is 11.2. The Kier molecular flexibility index (Phi) is 2.98. The number of thiocarbonyl (C=S) groups is 1. The molecular formula is C11H9NO2S2. The van der Waals surface area contributed by atoms with E-state index in [2.05, 4.69) is 5.32 Å². The highest BCUT2D eigenvalue weighted by Crippen LogP contribution is 2.27. The van der Waals surface area contributed by atoms with Gasteiger partial charge in [-0.25, -0.2) is 0 Å². The van der Waals surface area contributed by atoms with Crippen molar-refractivity contribution in [2.45, 2.75) is 6.92 Å². The zero-order chi connectivity index (χ0) is 11.7. The first-order chi connectivity index (χ1) is 7.56. The van der Waals surface area contributed by atoms with Gasteiger partial charge in [0.05, 0.1) is 4.91 Å². The van der Waals surface area contributed by atoms with Crippen molar-refractivity contribution in [3.8, 4) is 5.75 Å². The van der Waals surface area contributed by atoms with E-state index in [0.717, 1.165) is 27.8 Å². The maximum atomic E-state index is 11.1. The second-order valence-electron chi connectivity index (χ2n) is 3.40. The van der Waals surface area contributed by atoms with Crippen LogP contribution in [0.4, 0.5) is 4.79 Å². The van der Waals surface area contributed by atoms with Crippen molar-refractivity contribution in [3.63, 3.8) is 0 Å². The molecule has 3 nitrogen and oxygen atoms in total. The molecule has 0 saturated carbocycles. The summed E-state index contributed by atoms with van der Waals surface area (Å²) in [5, 5.41) is 11.8. The van der Waals surface area contributed by atoms with Crippen molar-refractivity contribution < 1.29 is 9.90 Å². The fraction of sp³-hybridized carbons (Fsp3) is 0.0909. The van der Waals surface area contributed by atoms with Crippen LogP contribution in [0.3, 0.4) is 0 Å². The fourth-order valence-electron chi connectivity index (χ4n) is 1.34. The van der Waals surface area contributed by atoms with E-state index in [-0.39, 0.29) is 11.0 Å². The summed E-state index contributed by atoms with van der Waals surface area (Å²) in [4.78, 5) is 12.3. The molecule has 1 heterocycles. The Morgan fingerprint density at radius 2 is 2.25 bits per heavy atom. The zero-order valence-corrected chi connectivity index (χ0v) is 10.1. The van der Waals surface area contributed by atoms with Crippen LogP contribution >= 0.6 is 24.0 Å². The van der Waals surface area contributed by atoms with E-state index in [9.17, 15) is 9.90 Å². The predicted molar refractivity (Wildman–Crippen MR) is 69.5 cm³/mol. The van der Waals surface area contributed by atoms with Gasteiger partial charge in [0.25, 0.3) is 5.24 Å². The molecule has 1 aromatic carbocycles. The lowest BCUT2D eigenvalue weighted by Gasteiger charge is -2.00. The Bertz CT molecular complexity index is 509. The summed E-state index contributed by atoms with van der Waals surface area (Å²) in [6, 6.07) is 5.25. The minimum atomic E-state index is -0.147. The van der Waals surface area contributed by atoms with Crippen LogP contribution in [0.5, 0.6) is 5.75 Å². The lowest BCUT2D eigenvalue weighted by Crippen LogP contribution is -2.15. The summed E-state index contributed by atoms with van der Waals surface area (Å²) < 4.78 is 0. The van der Waals surface area contributed by atoms with Crippen molar-refractivity contribution in [2.75, 3.05) is 0 Å². The number of amides is 1. The number of aryl methyl sites for hydroxylation is 1. The molecule has 0 spiro atoms. The van der Waals surface area contributed by atoms with E-state index in [0.29, 0.717) is 4.99 Å². The number of carbonyl (C=O) groups is 1. The van der Waals surface area contributed by atoms with E-state index in [1.165, 1.54) is 0 Å². The Morgan fingerprint density at radius 3 is 2.81 bits per heavy atom. The molecule has 1 aliphatic rings. The number of hydrogen-bond acceptors (Lipinski definition) is 4. The predicted octanol–water partition coefficient (Wildman–Crippen LogP) is 2.83. The lowest BCUT2D eigenvalue weighted by atomic mass is 10.1. The van der Waals surface area contributed by atoms with Gasteiger partial charge in [0.1, 0.15) is 10.7 Å². The standard InChI is InChI=1S/C11H9NO2S2/c1-6-4-7(2-3-8(6)13)5-9-10(15)12-11(14)16-9/h2-5,13H,1H3,(H,12,14,15)/b9-5-. The molecule has 1 fully saturated rings. The van der Waals surface area contributed by atoms with Crippen molar-refractivity contribution in [2.24, 2.45) is 0 Å². The number of phenolic OH excluding ortho intramolecular Hbond substituents is 1. The molecule has 1 aliphatic heterocycles. The van der Waals surface area contributed by atoms with Gasteiger partial charge in [0, 0.05) is 0 Å². The average molecular weight is 251 g/mol. The molecule has 82 valence electrons. The third-order valence-electron chi connectivity index (χ3n) is 2.16. The Hall–Kier alpha value is -1.33. The van der Waals surface area contributed by atoms with Crippen molar-refractivity contribution >= 4 is 40.3 Å². The molecule has 0 unspecified atom stereocenters. The first-order valence-corrected chi connectivity index (χ1v) is 5.83. The van der Waals surface area contributed by atoms with Crippen LogP contribution in [0.15, 0.2) is 23.1 Å². The summed E-state index contributed by atoms with van der Waals surface area (Å²) >= 11 is 6.09. The summed E-state index contributed by atoms with van der Waals surface area (Å²) in [6.07, 6.45) is 1.83. The van der Waals surface area contributed by atoms with Crippen molar-refractivity contribution in [1.29, 1.82) is 0 Å². The molecule has 0 bridgehead atoms. The monoisotopic (exact) mass is 251 g/mol. The largest absolute Gasteiger partial charge is 0.508 e. The SMILES string of the molecule is Cc1cc(/C=C2\SC(=O)NC2=S)ccc1O. The van der Waals surface area contributed by atoms with Crippen molar-refractivity contribution in [3.05, 3.63) is 34.2 Å². The number of nitrogens with one attached hydrogen (secondary N) is 1. The van der Waals surface area contributed by atoms with Crippen LogP contribution in [-0.2, 0) is 0 Å². The molecule has 16 heavy (non-hydrogen) atoms. The Labute approximate surface area is 103 Å². The number of aromatic hydroxyl groups is 1. The van der Waals surface area contributed by atoms with Gasteiger partial charge in [-0.15, -0.1) is 0 Å². The van der Waals surface area contributed by atoms with Gasteiger partial charge in [-0.1, -0.05) is 18.3 Å². The number of carbonyl (C=O) groups excluding carboxylic acids is 1. The smallest absolute Gasteiger partial charge is 0.289 e. The van der Waals surface area contributed by atoms with Gasteiger partial charge in [-0.05, 0) is 48.0 Å². The lowest BCUT2D eigenvalue weighted by molar-refractivity contribution is 0.265. The summed E-state index contributed by atoms with van der Waals surface area (Å²) in [7, 11) is 0. The minimum absolute atomic E-state index is 0.147. The van der Waals surface area contributed by atoms with Crippen LogP contribution in [0.1, 0.15) is 11.1 Å². The summed E-state index contributed by atoms with van der Waals surface area (Å²) in [5.74, 6) is 0.262. The van der Waals surface area contributed by atoms with Gasteiger partial charge in [0.2, 0.25) is 0 Å². The van der Waals surface area contributed by atoms with Crippen LogP contribution in [0, 0.1) is 6.92 Å². The quantitative estimate of drug-likeness (QED) is 0.595. The highest BCUT2D eigenvalue weighted by Gasteiger charge is 2.21. The van der Waals surface area contributed by atoms with Gasteiger partial charge in [-0.2, -0.15) is 0 Å². The third-order valence-corrected chi connectivity index (χ3v) is 3.44. The Balaban J connectivity index is 2.32. The van der Waals surface area contributed by atoms with Gasteiger partial charge < -0.3 is 10.4 Å². The molecular weight excluding hydrogens is 242 g/mol. The summed E-state index contributed by atoms with van der Waals surface area (Å²) in [5.41, 5.74) is 1.71. The average Bonchev–Trinajstić information content (AvgIpc) is 2.51. The molecule has 1 amide bonds. The van der Waals surface area contributed by atoms with Gasteiger partial charge in [-0.3, -0.25) is 4.79 Å². The van der Waals surface area contributed by atoms with E-state index < -0.39 is 0 Å². The van der Waals surface area contributed by atoms with Gasteiger partial charge >= 0.3 is 0 Å². The molecule has 2 rings (SSSR count). The first-order valence-electron chi connectivity index (χ1n) is 4.61. The van der Waals surface area contributed by atoms with Crippen LogP contribution < -0.4 is 5.32 Å². The zero-order valence-electron chi connectivity index (χ0n) is 8.48. The topological polar surface area (TPSA) is 49.3 Å². The third kappa shape index (κ3) is 2.25. The minimum Gasteiger partial charge on any atom is -0.508 e. The fourth-order valence-corrected chi connectivity index (χ4v) is 2.37. The Morgan fingerprint density at radius 1 is 1.50 bits per heavy atom. The molecule has 0 aliphatic carbocycles. The molecule has 1 aromatic rings. The molecule has 2 N–H and O–H groups in total. The molecule has 5 heteroatoms. The summed E-state index contributed by atoms with van der Waals surface area (Å²) in [6.45, 7) is 1.82. The number of rotatable bonds is 1. The normalized spacial score (nSPS) is 17.9. The molecule has 0 aromatic heterocycles. The van der Waals surface area contributed by atoms with Crippen LogP contribution in [-0.4, -0.2) is 15.3 Å². The second kappa shape index (κ2) is 4.27. The maximum absolute atomic E-state index is 11.1. The van der Waals surface area contributed by atoms with Crippen LogP contribution in [0.2, 0.25) is 0 Å². The second-order valence-corrected chi connectivity index (χ2v) is 4.82. The highest BCUT2D eigenvalue weighted by molar-refractivity contribution is 8.19. The van der Waals surface area contributed by atoms with E-state index in [4.69, 9.17) is 12.2 Å². The van der Waals surface area contributed by atoms with Gasteiger partial charge in [0.15, 0.2) is 0 Å². The number of hydrogen-bond donors (Lipinski definition) is 2. The number of phenols is 1. The van der Waals surface area contributed by atoms with Crippen LogP contribution in [0.25, 0.3) is 6.08 Å². The molecule has 0 atom stereocenters.